The Labute approximate surface area is 102 Å². The van der Waals surface area contributed by atoms with E-state index in [1.165, 1.54) is 15.6 Å². The van der Waals surface area contributed by atoms with Crippen LogP contribution in [0.25, 0.3) is 9.75 Å². The molecular formula is C10H9NO2S3. The zero-order chi connectivity index (χ0) is 11.3. The van der Waals surface area contributed by atoms with Crippen molar-refractivity contribution in [1.29, 1.82) is 0 Å². The maximum Gasteiger partial charge on any atom is 0.265 e. The van der Waals surface area contributed by atoms with Crippen LogP contribution >= 0.6 is 22.7 Å². The third-order valence-corrected chi connectivity index (χ3v) is 6.65. The molecule has 6 heteroatoms. The number of nitrogens with zero attached hydrogens (tertiary/aromatic N) is 1. The van der Waals surface area contributed by atoms with Crippen molar-refractivity contribution in [2.24, 2.45) is 0 Å². The maximum absolute atomic E-state index is 12.3. The molecule has 0 radical (unpaired) electrons. The van der Waals surface area contributed by atoms with Gasteiger partial charge in [0.2, 0.25) is 0 Å². The molecule has 1 aliphatic heterocycles. The van der Waals surface area contributed by atoms with E-state index in [0.717, 1.165) is 15.4 Å². The van der Waals surface area contributed by atoms with Crippen LogP contribution in [0.3, 0.4) is 0 Å². The van der Waals surface area contributed by atoms with E-state index in [1.54, 1.807) is 17.4 Å². The Balaban J connectivity index is 2.40. The minimum atomic E-state index is -3.32. The van der Waals surface area contributed by atoms with E-state index in [0.29, 0.717) is 11.4 Å². The van der Waals surface area contributed by atoms with Crippen LogP contribution in [0.15, 0.2) is 27.8 Å². The first-order valence-corrected chi connectivity index (χ1v) is 8.04. The molecule has 0 unspecified atom stereocenters. The van der Waals surface area contributed by atoms with Crippen LogP contribution in [0.4, 0.5) is 5.69 Å². The molecule has 0 atom stereocenters. The molecule has 2 aromatic heterocycles. The van der Waals surface area contributed by atoms with Gasteiger partial charge >= 0.3 is 0 Å². The summed E-state index contributed by atoms with van der Waals surface area (Å²) in [5.74, 6) is 0. The van der Waals surface area contributed by atoms with E-state index in [-0.39, 0.29) is 0 Å². The van der Waals surface area contributed by atoms with Gasteiger partial charge in [0.05, 0.1) is 15.4 Å². The summed E-state index contributed by atoms with van der Waals surface area (Å²) in [5.41, 5.74) is 0.822. The number of sulfonamides is 1. The smallest absolute Gasteiger partial charge is 0.265 e. The van der Waals surface area contributed by atoms with Crippen LogP contribution in [0.2, 0.25) is 0 Å². The molecule has 0 amide bonds. The minimum Gasteiger partial charge on any atom is -0.265 e. The Hall–Kier alpha value is -0.850. The van der Waals surface area contributed by atoms with Crippen LogP contribution < -0.4 is 4.31 Å². The van der Waals surface area contributed by atoms with E-state index in [9.17, 15) is 8.42 Å². The van der Waals surface area contributed by atoms with E-state index < -0.39 is 10.0 Å². The normalized spacial score (nSPS) is 16.9. The molecule has 0 fully saturated rings. The van der Waals surface area contributed by atoms with Crippen molar-refractivity contribution in [3.63, 3.8) is 0 Å². The highest BCUT2D eigenvalue weighted by Gasteiger charge is 2.35. The van der Waals surface area contributed by atoms with Crippen LogP contribution in [0.5, 0.6) is 0 Å². The van der Waals surface area contributed by atoms with E-state index in [2.05, 4.69) is 0 Å². The molecule has 0 aliphatic carbocycles. The standard InChI is InChI=1S/C10H9NO2S3/c1-2-11-7-3-5-14-9(7)10-8(4-6-15-10)16(11,12)13/h3-6H,2H2,1H3. The van der Waals surface area contributed by atoms with Crippen molar-refractivity contribution in [2.45, 2.75) is 11.8 Å². The summed E-state index contributed by atoms with van der Waals surface area (Å²) in [7, 11) is -3.32. The van der Waals surface area contributed by atoms with Gasteiger partial charge in [-0.2, -0.15) is 0 Å². The lowest BCUT2D eigenvalue weighted by atomic mass is 10.3. The molecular weight excluding hydrogens is 262 g/mol. The van der Waals surface area contributed by atoms with Crippen molar-refractivity contribution in [2.75, 3.05) is 10.8 Å². The molecule has 84 valence electrons. The zero-order valence-corrected chi connectivity index (χ0v) is 11.0. The summed E-state index contributed by atoms with van der Waals surface area (Å²) in [4.78, 5) is 2.41. The second-order valence-electron chi connectivity index (χ2n) is 3.42. The molecule has 0 saturated carbocycles. The average Bonchev–Trinajstić information content (AvgIpc) is 2.83. The molecule has 0 aromatic carbocycles. The second-order valence-corrected chi connectivity index (χ2v) is 7.08. The fourth-order valence-electron chi connectivity index (χ4n) is 1.92. The number of anilines is 1. The second kappa shape index (κ2) is 3.32. The van der Waals surface area contributed by atoms with E-state index >= 15 is 0 Å². The maximum atomic E-state index is 12.3. The van der Waals surface area contributed by atoms with Crippen LogP contribution in [0, 0.1) is 0 Å². The summed E-state index contributed by atoms with van der Waals surface area (Å²) in [5, 5.41) is 3.78. The Bertz CT molecular complexity index is 639. The van der Waals surface area contributed by atoms with Gasteiger partial charge in [0.1, 0.15) is 4.90 Å². The Morgan fingerprint density at radius 2 is 1.88 bits per heavy atom. The van der Waals surface area contributed by atoms with Crippen molar-refractivity contribution in [3.8, 4) is 9.75 Å². The Morgan fingerprint density at radius 1 is 1.19 bits per heavy atom. The highest BCUT2D eigenvalue weighted by Crippen LogP contribution is 2.48. The molecule has 2 aromatic rings. The number of hydrogen-bond donors (Lipinski definition) is 0. The van der Waals surface area contributed by atoms with Crippen LogP contribution in [0.1, 0.15) is 6.92 Å². The summed E-state index contributed by atoms with van der Waals surface area (Å²) in [6.45, 7) is 2.33. The number of fused-ring (bicyclic) bond motifs is 3. The fraction of sp³-hybridized carbons (Fsp3) is 0.200. The largest absolute Gasteiger partial charge is 0.265 e. The van der Waals surface area contributed by atoms with Gasteiger partial charge in [-0.3, -0.25) is 4.31 Å². The van der Waals surface area contributed by atoms with Crippen molar-refractivity contribution >= 4 is 38.4 Å². The first kappa shape index (κ1) is 10.3. The molecule has 0 saturated heterocycles. The van der Waals surface area contributed by atoms with Gasteiger partial charge < -0.3 is 0 Å². The van der Waals surface area contributed by atoms with Gasteiger partial charge in [-0.05, 0) is 29.8 Å². The highest BCUT2D eigenvalue weighted by atomic mass is 32.2. The molecule has 0 N–H and O–H groups in total. The number of hydrogen-bond acceptors (Lipinski definition) is 4. The lowest BCUT2D eigenvalue weighted by molar-refractivity contribution is 0.592. The first-order chi connectivity index (χ1) is 7.66. The summed E-state index contributed by atoms with van der Waals surface area (Å²) in [6.07, 6.45) is 0. The summed E-state index contributed by atoms with van der Waals surface area (Å²) < 4.78 is 26.1. The molecule has 16 heavy (non-hydrogen) atoms. The average molecular weight is 271 g/mol. The molecule has 0 bridgehead atoms. The van der Waals surface area contributed by atoms with Crippen molar-refractivity contribution in [1.82, 2.24) is 0 Å². The number of thiophene rings is 2. The van der Waals surface area contributed by atoms with E-state index in [1.807, 2.05) is 23.8 Å². The zero-order valence-electron chi connectivity index (χ0n) is 8.50. The predicted octanol–water partition coefficient (Wildman–Crippen LogP) is 3.01. The predicted molar refractivity (Wildman–Crippen MR) is 67.8 cm³/mol. The van der Waals surface area contributed by atoms with Crippen LogP contribution in [-0.2, 0) is 10.0 Å². The highest BCUT2D eigenvalue weighted by molar-refractivity contribution is 7.93. The first-order valence-electron chi connectivity index (χ1n) is 4.84. The quantitative estimate of drug-likeness (QED) is 0.799. The molecule has 3 nitrogen and oxygen atoms in total. The molecule has 3 rings (SSSR count). The number of rotatable bonds is 1. The third kappa shape index (κ3) is 1.15. The summed E-state index contributed by atoms with van der Waals surface area (Å²) in [6, 6.07) is 3.57. The van der Waals surface area contributed by atoms with Gasteiger partial charge in [0.25, 0.3) is 10.0 Å². The molecule has 0 spiro atoms. The van der Waals surface area contributed by atoms with Gasteiger partial charge in [0, 0.05) is 6.54 Å². The van der Waals surface area contributed by atoms with E-state index in [4.69, 9.17) is 0 Å². The molecule has 3 heterocycles. The monoisotopic (exact) mass is 271 g/mol. The fourth-order valence-corrected chi connectivity index (χ4v) is 6.03. The van der Waals surface area contributed by atoms with Crippen LogP contribution in [-0.4, -0.2) is 15.0 Å². The van der Waals surface area contributed by atoms with Crippen molar-refractivity contribution in [3.05, 3.63) is 22.9 Å². The third-order valence-electron chi connectivity index (χ3n) is 2.60. The Morgan fingerprint density at radius 3 is 2.62 bits per heavy atom. The van der Waals surface area contributed by atoms with Gasteiger partial charge in [0.15, 0.2) is 0 Å². The lowest BCUT2D eigenvalue weighted by Crippen LogP contribution is -2.32. The summed E-state index contributed by atoms with van der Waals surface area (Å²) >= 11 is 3.09. The van der Waals surface area contributed by atoms with Crippen molar-refractivity contribution < 1.29 is 8.42 Å². The minimum absolute atomic E-state index is 0.453. The topological polar surface area (TPSA) is 37.4 Å². The van der Waals surface area contributed by atoms with Gasteiger partial charge in [-0.1, -0.05) is 0 Å². The van der Waals surface area contributed by atoms with Gasteiger partial charge in [-0.15, -0.1) is 22.7 Å². The molecule has 1 aliphatic rings. The Kier molecular flexibility index (Phi) is 2.14. The van der Waals surface area contributed by atoms with Gasteiger partial charge in [-0.25, -0.2) is 8.42 Å². The lowest BCUT2D eigenvalue weighted by Gasteiger charge is -2.26. The SMILES string of the molecule is CCN1c2ccsc2-c2sccc2S1(=O)=O.